The van der Waals surface area contributed by atoms with E-state index in [1.807, 2.05) is 13.8 Å². The first-order valence-corrected chi connectivity index (χ1v) is 19.2. The summed E-state index contributed by atoms with van der Waals surface area (Å²) >= 11 is 0. The smallest absolute Gasteiger partial charge is 0.187 e. The molecule has 20 atom stereocenters. The SMILES string of the molecule is CO[C@H]1[C@H](O)[C@@H](O[C@H]2[C@H](C)O[C@H](O[C@H](C)[C@]3(O)[C@H]4N[C@@](C)(O)CO[C@@H]4[C@H]4[C@@H]5CC=C6C[C@@H](O)CC[C@]6(C)[C@@H]5CC[C@@]43C)C[C@H]2OC)O[C@@H](C)[C@@H]1O. The van der Waals surface area contributed by atoms with E-state index in [0.717, 1.165) is 38.5 Å². The van der Waals surface area contributed by atoms with Crippen molar-refractivity contribution in [1.29, 1.82) is 0 Å². The number of morpholine rings is 1. The minimum absolute atomic E-state index is 0.0102. The minimum Gasteiger partial charge on any atom is -0.393 e. The number of ether oxygens (including phenoxy) is 7. The van der Waals surface area contributed by atoms with Gasteiger partial charge in [-0.05, 0) is 89.4 Å². The van der Waals surface area contributed by atoms with Crippen molar-refractivity contribution in [2.45, 2.75) is 177 Å². The first-order valence-electron chi connectivity index (χ1n) is 19.2. The van der Waals surface area contributed by atoms with Crippen LogP contribution in [0.2, 0.25) is 0 Å². The third kappa shape index (κ3) is 6.09. The van der Waals surface area contributed by atoms with Gasteiger partial charge in [0.15, 0.2) is 12.6 Å². The molecule has 3 aliphatic heterocycles. The predicted octanol–water partition coefficient (Wildman–Crippen LogP) is 1.75. The van der Waals surface area contributed by atoms with Crippen LogP contribution in [0.1, 0.15) is 86.5 Å². The highest BCUT2D eigenvalue weighted by Crippen LogP contribution is 2.69. The topological polar surface area (TPSA) is 178 Å². The molecule has 0 aromatic heterocycles. The van der Waals surface area contributed by atoms with Crippen LogP contribution in [0.3, 0.4) is 0 Å². The normalized spacial score (nSPS) is 56.3. The number of fused-ring (bicyclic) bond motifs is 7. The van der Waals surface area contributed by atoms with E-state index in [9.17, 15) is 25.5 Å². The van der Waals surface area contributed by atoms with Gasteiger partial charge in [0.1, 0.15) is 35.7 Å². The number of rotatable bonds is 7. The number of aliphatic hydroxyl groups excluding tert-OH is 3. The molecule has 0 amide bonds. The Balaban J connectivity index is 1.12. The Morgan fingerprint density at radius 1 is 0.941 bits per heavy atom. The molecule has 3 heterocycles. The monoisotopic (exact) mass is 725 g/mol. The van der Waals surface area contributed by atoms with E-state index in [0.29, 0.717) is 12.3 Å². The average molecular weight is 726 g/mol. The molecule has 0 radical (unpaired) electrons. The zero-order valence-electron chi connectivity index (χ0n) is 31.6. The van der Waals surface area contributed by atoms with Gasteiger partial charge in [0, 0.05) is 26.1 Å². The maximum absolute atomic E-state index is 13.3. The van der Waals surface area contributed by atoms with Crippen LogP contribution in [-0.2, 0) is 33.2 Å². The standard InChI is InChI=1S/C38H63NO12/c1-18-28(41)32(46-8)29(42)34(49-18)51-30-19(2)48-26(16-25(30)45-7)50-20(3)38(44)33-31(47-17-37(6,43)39-33)27-23-10-9-21-15-22(40)11-13-35(21,4)24(23)12-14-36(27,38)5/h9,18-20,22-34,39-44H,10-17H2,1-8H3/t18-,19-,20+,22-,23+,24+,25+,26+,27+,28-,29-,30-,31+,32+,33-,34+,35-,36-,37-,38-/m0/s1. The molecular weight excluding hydrogens is 662 g/mol. The predicted molar refractivity (Wildman–Crippen MR) is 183 cm³/mol. The van der Waals surface area contributed by atoms with Gasteiger partial charge in [-0.3, -0.25) is 5.32 Å². The molecule has 6 fully saturated rings. The Bertz CT molecular complexity index is 1300. The molecule has 0 unspecified atom stereocenters. The summed E-state index contributed by atoms with van der Waals surface area (Å²) < 4.78 is 43.1. The Hall–Kier alpha value is -0.780. The Labute approximate surface area is 302 Å². The zero-order valence-corrected chi connectivity index (χ0v) is 31.6. The molecule has 3 saturated carbocycles. The molecule has 7 aliphatic rings. The summed E-state index contributed by atoms with van der Waals surface area (Å²) in [5.41, 5.74) is -1.97. The summed E-state index contributed by atoms with van der Waals surface area (Å²) in [7, 11) is 3.01. The molecule has 0 aromatic carbocycles. The number of hydrogen-bond donors (Lipinski definition) is 6. The molecule has 7 rings (SSSR count). The lowest BCUT2D eigenvalue weighted by Gasteiger charge is -2.59. The summed E-state index contributed by atoms with van der Waals surface area (Å²) in [6.07, 6.45) is -0.814. The molecule has 3 saturated heterocycles. The summed E-state index contributed by atoms with van der Waals surface area (Å²) in [4.78, 5) is 0. The van der Waals surface area contributed by atoms with Gasteiger partial charge in [-0.25, -0.2) is 0 Å². The van der Waals surface area contributed by atoms with E-state index in [-0.39, 0.29) is 36.1 Å². The van der Waals surface area contributed by atoms with Gasteiger partial charge in [0.05, 0.1) is 49.3 Å². The van der Waals surface area contributed by atoms with Crippen molar-refractivity contribution in [3.8, 4) is 0 Å². The molecular formula is C38H63NO12. The zero-order chi connectivity index (χ0) is 36.8. The Morgan fingerprint density at radius 2 is 1.69 bits per heavy atom. The van der Waals surface area contributed by atoms with Crippen molar-refractivity contribution < 1.29 is 58.7 Å². The van der Waals surface area contributed by atoms with Crippen LogP contribution >= 0.6 is 0 Å². The second-order valence-electron chi connectivity index (χ2n) is 17.6. The van der Waals surface area contributed by atoms with E-state index in [1.54, 1.807) is 21.0 Å². The Kier molecular flexibility index (Phi) is 10.4. The summed E-state index contributed by atoms with van der Waals surface area (Å²) in [5, 5.41) is 59.8. The van der Waals surface area contributed by atoms with Crippen molar-refractivity contribution in [2.75, 3.05) is 20.8 Å². The second-order valence-corrected chi connectivity index (χ2v) is 17.6. The molecule has 292 valence electrons. The van der Waals surface area contributed by atoms with Gasteiger partial charge < -0.3 is 58.7 Å². The van der Waals surface area contributed by atoms with Crippen molar-refractivity contribution in [1.82, 2.24) is 5.32 Å². The molecule has 0 bridgehead atoms. The lowest BCUT2D eigenvalue weighted by atomic mass is 9.46. The van der Waals surface area contributed by atoms with Crippen LogP contribution in [0.4, 0.5) is 0 Å². The molecule has 13 heteroatoms. The van der Waals surface area contributed by atoms with E-state index >= 15 is 0 Å². The van der Waals surface area contributed by atoms with Crippen molar-refractivity contribution in [2.24, 2.45) is 28.6 Å². The average Bonchev–Trinajstić information content (AvgIpc) is 3.27. The third-order valence-electron chi connectivity index (χ3n) is 14.7. The molecule has 0 aromatic rings. The number of hydrogen-bond acceptors (Lipinski definition) is 13. The van der Waals surface area contributed by atoms with Crippen LogP contribution in [0.15, 0.2) is 11.6 Å². The minimum atomic E-state index is -1.43. The van der Waals surface area contributed by atoms with Gasteiger partial charge in [-0.2, -0.15) is 0 Å². The number of methoxy groups -OCH3 is 2. The molecule has 51 heavy (non-hydrogen) atoms. The van der Waals surface area contributed by atoms with Gasteiger partial charge in [0.25, 0.3) is 0 Å². The fraction of sp³-hybridized carbons (Fsp3) is 0.947. The molecule has 0 spiro atoms. The summed E-state index contributed by atoms with van der Waals surface area (Å²) in [6, 6.07) is -0.595. The molecule has 4 aliphatic carbocycles. The quantitative estimate of drug-likeness (QED) is 0.210. The first kappa shape index (κ1) is 38.5. The highest BCUT2D eigenvalue weighted by atomic mass is 16.7. The van der Waals surface area contributed by atoms with E-state index in [1.165, 1.54) is 12.7 Å². The number of nitrogens with one attached hydrogen (secondary N) is 1. The fourth-order valence-corrected chi connectivity index (χ4v) is 11.9. The van der Waals surface area contributed by atoms with Gasteiger partial charge >= 0.3 is 0 Å². The number of aliphatic hydroxyl groups is 5. The summed E-state index contributed by atoms with van der Waals surface area (Å²) in [6.45, 7) is 11.8. The van der Waals surface area contributed by atoms with E-state index in [2.05, 4.69) is 25.2 Å². The summed E-state index contributed by atoms with van der Waals surface area (Å²) in [5.74, 6) is 0.691. The highest BCUT2D eigenvalue weighted by Gasteiger charge is 2.74. The van der Waals surface area contributed by atoms with Gasteiger partial charge in [-0.1, -0.05) is 25.5 Å². The van der Waals surface area contributed by atoms with Crippen LogP contribution in [0, 0.1) is 28.6 Å². The van der Waals surface area contributed by atoms with E-state index < -0.39 is 84.2 Å². The number of allylic oxidation sites excluding steroid dienone is 1. The van der Waals surface area contributed by atoms with Crippen molar-refractivity contribution in [3.05, 3.63) is 11.6 Å². The van der Waals surface area contributed by atoms with Crippen LogP contribution in [0.25, 0.3) is 0 Å². The highest BCUT2D eigenvalue weighted by molar-refractivity contribution is 5.30. The van der Waals surface area contributed by atoms with Crippen LogP contribution in [0.5, 0.6) is 0 Å². The van der Waals surface area contributed by atoms with Gasteiger partial charge in [0.2, 0.25) is 0 Å². The maximum atomic E-state index is 13.3. The second kappa shape index (κ2) is 13.8. The fourth-order valence-electron chi connectivity index (χ4n) is 11.9. The Morgan fingerprint density at radius 3 is 2.39 bits per heavy atom. The first-order chi connectivity index (χ1) is 24.0. The van der Waals surface area contributed by atoms with Gasteiger partial charge in [-0.15, -0.1) is 0 Å². The van der Waals surface area contributed by atoms with Crippen LogP contribution < -0.4 is 5.32 Å². The maximum Gasteiger partial charge on any atom is 0.187 e. The molecule has 13 nitrogen and oxygen atoms in total. The van der Waals surface area contributed by atoms with Crippen molar-refractivity contribution in [3.63, 3.8) is 0 Å². The lowest BCUT2D eigenvalue weighted by Crippen LogP contribution is -2.70. The third-order valence-corrected chi connectivity index (χ3v) is 14.7. The largest absolute Gasteiger partial charge is 0.393 e. The van der Waals surface area contributed by atoms with E-state index in [4.69, 9.17) is 33.2 Å². The molecule has 6 N–H and O–H groups in total. The van der Waals surface area contributed by atoms with Crippen molar-refractivity contribution >= 4 is 0 Å². The van der Waals surface area contributed by atoms with Crippen LogP contribution in [-0.4, -0.2) is 137 Å². The lowest BCUT2D eigenvalue weighted by molar-refractivity contribution is -0.347.